The third-order valence-corrected chi connectivity index (χ3v) is 2.96. The fourth-order valence-corrected chi connectivity index (χ4v) is 1.90. The second kappa shape index (κ2) is 6.34. The van der Waals surface area contributed by atoms with Gasteiger partial charge in [-0.2, -0.15) is 5.10 Å². The number of hydrogen-bond acceptors (Lipinski definition) is 5. The lowest BCUT2D eigenvalue weighted by Gasteiger charge is -2.09. The minimum absolute atomic E-state index is 0.337. The molecule has 0 bridgehead atoms. The number of hydrogen-bond donors (Lipinski definition) is 0. The minimum atomic E-state index is -0.393. The summed E-state index contributed by atoms with van der Waals surface area (Å²) in [5, 5.41) is 8.11. The Kier molecular flexibility index (Phi) is 4.53. The number of ether oxygens (including phenoxy) is 2. The van der Waals surface area contributed by atoms with Gasteiger partial charge in [0.05, 0.1) is 25.5 Å². The maximum atomic E-state index is 11.6. The van der Waals surface area contributed by atoms with E-state index in [1.807, 2.05) is 0 Å². The number of methoxy groups -OCH3 is 2. The smallest absolute Gasteiger partial charge is 0.337 e. The van der Waals surface area contributed by atoms with E-state index in [1.165, 1.54) is 7.11 Å². The standard InChI is InChI=1S/C14H13ClN2O3/c1-19-12-5-3-9(14(18)20-2)7-10(12)8-11-4-6-13(15)17-16-11/h3-7H,8H2,1-2H3. The first-order chi connectivity index (χ1) is 9.63. The maximum Gasteiger partial charge on any atom is 0.337 e. The molecule has 1 heterocycles. The lowest BCUT2D eigenvalue weighted by molar-refractivity contribution is 0.0600. The Morgan fingerprint density at radius 1 is 1.20 bits per heavy atom. The van der Waals surface area contributed by atoms with E-state index in [0.717, 1.165) is 11.3 Å². The van der Waals surface area contributed by atoms with E-state index in [4.69, 9.17) is 21.1 Å². The summed E-state index contributed by atoms with van der Waals surface area (Å²) < 4.78 is 9.99. The third kappa shape index (κ3) is 3.24. The van der Waals surface area contributed by atoms with Crippen LogP contribution >= 0.6 is 11.6 Å². The van der Waals surface area contributed by atoms with Crippen LogP contribution in [0, 0.1) is 0 Å². The summed E-state index contributed by atoms with van der Waals surface area (Å²) in [6, 6.07) is 8.55. The lowest BCUT2D eigenvalue weighted by atomic mass is 10.0. The molecule has 20 heavy (non-hydrogen) atoms. The predicted octanol–water partition coefficient (Wildman–Crippen LogP) is 2.52. The first-order valence-corrected chi connectivity index (χ1v) is 6.25. The van der Waals surface area contributed by atoms with E-state index in [-0.39, 0.29) is 0 Å². The molecule has 0 saturated heterocycles. The predicted molar refractivity (Wildman–Crippen MR) is 74.2 cm³/mol. The van der Waals surface area contributed by atoms with Crippen LogP contribution in [0.2, 0.25) is 5.15 Å². The van der Waals surface area contributed by atoms with Crippen molar-refractivity contribution in [3.8, 4) is 5.75 Å². The average Bonchev–Trinajstić information content (AvgIpc) is 2.48. The van der Waals surface area contributed by atoms with Gasteiger partial charge in [-0.3, -0.25) is 0 Å². The Morgan fingerprint density at radius 3 is 2.60 bits per heavy atom. The molecule has 0 amide bonds. The van der Waals surface area contributed by atoms with Gasteiger partial charge in [-0.05, 0) is 30.3 Å². The number of rotatable bonds is 4. The fourth-order valence-electron chi connectivity index (χ4n) is 1.79. The topological polar surface area (TPSA) is 61.3 Å². The van der Waals surface area contributed by atoms with Crippen molar-refractivity contribution in [3.05, 3.63) is 52.3 Å². The average molecular weight is 293 g/mol. The zero-order valence-corrected chi connectivity index (χ0v) is 11.8. The van der Waals surface area contributed by atoms with E-state index in [0.29, 0.717) is 22.9 Å². The van der Waals surface area contributed by atoms with Crippen molar-refractivity contribution < 1.29 is 14.3 Å². The molecule has 0 unspecified atom stereocenters. The Balaban J connectivity index is 2.33. The monoisotopic (exact) mass is 292 g/mol. The summed E-state index contributed by atoms with van der Waals surface area (Å²) in [6.07, 6.45) is 0.484. The molecule has 0 aliphatic carbocycles. The van der Waals surface area contributed by atoms with Crippen molar-refractivity contribution in [1.82, 2.24) is 10.2 Å². The molecular formula is C14H13ClN2O3. The minimum Gasteiger partial charge on any atom is -0.496 e. The van der Waals surface area contributed by atoms with E-state index < -0.39 is 5.97 Å². The quantitative estimate of drug-likeness (QED) is 0.810. The summed E-state index contributed by atoms with van der Waals surface area (Å²) in [5.41, 5.74) is 2.02. The van der Waals surface area contributed by atoms with Gasteiger partial charge in [0.1, 0.15) is 5.75 Å². The van der Waals surface area contributed by atoms with Gasteiger partial charge in [-0.1, -0.05) is 11.6 Å². The van der Waals surface area contributed by atoms with Crippen LogP contribution in [0.3, 0.4) is 0 Å². The molecule has 0 atom stereocenters. The summed E-state index contributed by atoms with van der Waals surface area (Å²) in [6.45, 7) is 0. The summed E-state index contributed by atoms with van der Waals surface area (Å²) in [7, 11) is 2.92. The van der Waals surface area contributed by atoms with Crippen molar-refractivity contribution in [3.63, 3.8) is 0 Å². The third-order valence-electron chi connectivity index (χ3n) is 2.76. The van der Waals surface area contributed by atoms with E-state index in [9.17, 15) is 4.79 Å². The highest BCUT2D eigenvalue weighted by molar-refractivity contribution is 6.29. The van der Waals surface area contributed by atoms with E-state index >= 15 is 0 Å². The van der Waals surface area contributed by atoms with Gasteiger partial charge in [0.15, 0.2) is 5.15 Å². The lowest BCUT2D eigenvalue weighted by Crippen LogP contribution is -2.04. The van der Waals surface area contributed by atoms with Crippen LogP contribution < -0.4 is 4.74 Å². The van der Waals surface area contributed by atoms with Gasteiger partial charge in [0, 0.05) is 12.0 Å². The molecule has 0 radical (unpaired) electrons. The number of carbonyl (C=O) groups excluding carboxylic acids is 1. The molecule has 0 saturated carbocycles. The van der Waals surface area contributed by atoms with Crippen molar-refractivity contribution in [1.29, 1.82) is 0 Å². The number of halogens is 1. The van der Waals surface area contributed by atoms with E-state index in [2.05, 4.69) is 10.2 Å². The Labute approximate surface area is 121 Å². The molecule has 0 N–H and O–H groups in total. The first-order valence-electron chi connectivity index (χ1n) is 5.87. The molecular weight excluding hydrogens is 280 g/mol. The molecule has 6 heteroatoms. The number of nitrogens with zero attached hydrogens (tertiary/aromatic N) is 2. The van der Waals surface area contributed by atoms with Crippen LogP contribution in [-0.4, -0.2) is 30.4 Å². The van der Waals surface area contributed by atoms with Crippen molar-refractivity contribution >= 4 is 17.6 Å². The van der Waals surface area contributed by atoms with Crippen molar-refractivity contribution in [2.24, 2.45) is 0 Å². The molecule has 1 aromatic heterocycles. The Morgan fingerprint density at radius 2 is 2.00 bits per heavy atom. The Bertz CT molecular complexity index is 614. The second-order valence-corrected chi connectivity index (χ2v) is 4.43. The number of carbonyl (C=O) groups is 1. The molecule has 2 rings (SSSR count). The van der Waals surface area contributed by atoms with Gasteiger partial charge in [0.2, 0.25) is 0 Å². The summed E-state index contributed by atoms with van der Waals surface area (Å²) in [5.74, 6) is 0.283. The fraction of sp³-hybridized carbons (Fsp3) is 0.214. The van der Waals surface area contributed by atoms with Crippen LogP contribution in [-0.2, 0) is 11.2 Å². The molecule has 1 aromatic carbocycles. The number of esters is 1. The highest BCUT2D eigenvalue weighted by Gasteiger charge is 2.11. The van der Waals surface area contributed by atoms with Gasteiger partial charge in [-0.15, -0.1) is 5.10 Å². The van der Waals surface area contributed by atoms with Crippen LogP contribution in [0.15, 0.2) is 30.3 Å². The molecule has 5 nitrogen and oxygen atoms in total. The number of aromatic nitrogens is 2. The van der Waals surface area contributed by atoms with Gasteiger partial charge in [0.25, 0.3) is 0 Å². The van der Waals surface area contributed by atoms with E-state index in [1.54, 1.807) is 37.4 Å². The highest BCUT2D eigenvalue weighted by Crippen LogP contribution is 2.23. The van der Waals surface area contributed by atoms with Crippen LogP contribution in [0.5, 0.6) is 5.75 Å². The SMILES string of the molecule is COC(=O)c1ccc(OC)c(Cc2ccc(Cl)nn2)c1. The second-order valence-electron chi connectivity index (χ2n) is 4.04. The normalized spacial score (nSPS) is 10.2. The van der Waals surface area contributed by atoms with Crippen molar-refractivity contribution in [2.75, 3.05) is 14.2 Å². The highest BCUT2D eigenvalue weighted by atomic mass is 35.5. The Hall–Kier alpha value is -2.14. The van der Waals surface area contributed by atoms with Crippen LogP contribution in [0.25, 0.3) is 0 Å². The van der Waals surface area contributed by atoms with Crippen LogP contribution in [0.4, 0.5) is 0 Å². The van der Waals surface area contributed by atoms with Gasteiger partial charge < -0.3 is 9.47 Å². The van der Waals surface area contributed by atoms with Gasteiger partial charge in [-0.25, -0.2) is 4.79 Å². The molecule has 0 fully saturated rings. The van der Waals surface area contributed by atoms with Crippen LogP contribution in [0.1, 0.15) is 21.6 Å². The summed E-state index contributed by atoms with van der Waals surface area (Å²) >= 11 is 5.70. The molecule has 2 aromatic rings. The number of benzene rings is 1. The van der Waals surface area contributed by atoms with Crippen molar-refractivity contribution in [2.45, 2.75) is 6.42 Å². The molecule has 0 spiro atoms. The van der Waals surface area contributed by atoms with Gasteiger partial charge >= 0.3 is 5.97 Å². The molecule has 0 aliphatic rings. The zero-order valence-electron chi connectivity index (χ0n) is 11.1. The molecule has 0 aliphatic heterocycles. The first kappa shape index (κ1) is 14.3. The zero-order chi connectivity index (χ0) is 14.5. The molecule has 104 valence electrons. The largest absolute Gasteiger partial charge is 0.496 e. The maximum absolute atomic E-state index is 11.6. The summed E-state index contributed by atoms with van der Waals surface area (Å²) in [4.78, 5) is 11.6.